The van der Waals surface area contributed by atoms with Crippen molar-refractivity contribution in [2.24, 2.45) is 0 Å². The normalized spacial score (nSPS) is 10.7. The smallest absolute Gasteiger partial charge is 0.223 e. The number of carbonyl (C=O) groups is 1. The summed E-state index contributed by atoms with van der Waals surface area (Å²) in [4.78, 5) is 18.3. The number of oxazole rings is 1. The standard InChI is InChI=1S/C21H20BrFN2O3/c1-25(13-14-11-15(22)7-8-18(14)27-2)21(26)10-9-20-24-12-19(28-20)16-5-3-4-6-17(16)23/h3-8,11-12H,9-10,13H2,1-2H3. The lowest BCUT2D eigenvalue weighted by molar-refractivity contribution is -0.130. The summed E-state index contributed by atoms with van der Waals surface area (Å²) in [5.74, 6) is 1.06. The highest BCUT2D eigenvalue weighted by Gasteiger charge is 2.15. The first kappa shape index (κ1) is 20.1. The minimum Gasteiger partial charge on any atom is -0.496 e. The molecule has 3 aromatic rings. The highest BCUT2D eigenvalue weighted by Crippen LogP contribution is 2.25. The average Bonchev–Trinajstić information content (AvgIpc) is 3.15. The van der Waals surface area contributed by atoms with Gasteiger partial charge in [0.05, 0.1) is 18.9 Å². The van der Waals surface area contributed by atoms with Crippen LogP contribution >= 0.6 is 15.9 Å². The molecule has 0 aliphatic rings. The Bertz CT molecular complexity index is 974. The molecule has 1 heterocycles. The molecule has 0 spiro atoms. The van der Waals surface area contributed by atoms with E-state index in [1.807, 2.05) is 18.2 Å². The van der Waals surface area contributed by atoms with E-state index in [1.165, 1.54) is 12.3 Å². The van der Waals surface area contributed by atoms with E-state index >= 15 is 0 Å². The van der Waals surface area contributed by atoms with Crippen LogP contribution in [0.4, 0.5) is 4.39 Å². The van der Waals surface area contributed by atoms with Gasteiger partial charge in [0.25, 0.3) is 0 Å². The molecule has 0 atom stereocenters. The van der Waals surface area contributed by atoms with Crippen molar-refractivity contribution in [2.45, 2.75) is 19.4 Å². The predicted molar refractivity (Wildman–Crippen MR) is 107 cm³/mol. The highest BCUT2D eigenvalue weighted by atomic mass is 79.9. The van der Waals surface area contributed by atoms with Crippen molar-refractivity contribution in [3.8, 4) is 17.1 Å². The number of halogens is 2. The Hall–Kier alpha value is -2.67. The number of hydrogen-bond donors (Lipinski definition) is 0. The Kier molecular flexibility index (Phi) is 6.46. The second-order valence-corrected chi connectivity index (χ2v) is 7.22. The third kappa shape index (κ3) is 4.78. The molecular weight excluding hydrogens is 427 g/mol. The van der Waals surface area contributed by atoms with Gasteiger partial charge in [-0.05, 0) is 30.3 Å². The van der Waals surface area contributed by atoms with Crippen LogP contribution in [0.5, 0.6) is 5.75 Å². The van der Waals surface area contributed by atoms with Crippen molar-refractivity contribution in [1.82, 2.24) is 9.88 Å². The molecular formula is C21H20BrFN2O3. The first-order chi connectivity index (χ1) is 13.5. The topological polar surface area (TPSA) is 55.6 Å². The number of aromatic nitrogens is 1. The van der Waals surface area contributed by atoms with Crippen molar-refractivity contribution < 1.29 is 18.3 Å². The Morgan fingerprint density at radius 2 is 2.07 bits per heavy atom. The number of carbonyl (C=O) groups excluding carboxylic acids is 1. The molecule has 1 aromatic heterocycles. The lowest BCUT2D eigenvalue weighted by Crippen LogP contribution is -2.26. The maximum absolute atomic E-state index is 13.8. The first-order valence-electron chi connectivity index (χ1n) is 8.74. The van der Waals surface area contributed by atoms with Crippen molar-refractivity contribution in [1.29, 1.82) is 0 Å². The molecule has 5 nitrogen and oxygen atoms in total. The molecule has 0 bridgehead atoms. The fourth-order valence-corrected chi connectivity index (χ4v) is 3.24. The number of amides is 1. The van der Waals surface area contributed by atoms with Gasteiger partial charge >= 0.3 is 0 Å². The number of ether oxygens (including phenoxy) is 1. The number of methoxy groups -OCH3 is 1. The van der Waals surface area contributed by atoms with Crippen molar-refractivity contribution in [3.05, 3.63) is 70.4 Å². The molecule has 146 valence electrons. The summed E-state index contributed by atoms with van der Waals surface area (Å²) >= 11 is 3.43. The van der Waals surface area contributed by atoms with E-state index in [4.69, 9.17) is 9.15 Å². The number of rotatable bonds is 7. The Morgan fingerprint density at radius 3 is 2.82 bits per heavy atom. The molecule has 0 unspecified atom stereocenters. The molecule has 3 rings (SSSR count). The summed E-state index contributed by atoms with van der Waals surface area (Å²) in [6, 6.07) is 12.0. The van der Waals surface area contributed by atoms with Crippen LogP contribution in [-0.4, -0.2) is 29.9 Å². The average molecular weight is 447 g/mol. The van der Waals surface area contributed by atoms with Crippen LogP contribution in [0.1, 0.15) is 17.9 Å². The monoisotopic (exact) mass is 446 g/mol. The van der Waals surface area contributed by atoms with E-state index in [1.54, 1.807) is 37.3 Å². The summed E-state index contributed by atoms with van der Waals surface area (Å²) in [7, 11) is 3.34. The largest absolute Gasteiger partial charge is 0.496 e. The van der Waals surface area contributed by atoms with Crippen LogP contribution in [-0.2, 0) is 17.8 Å². The van der Waals surface area contributed by atoms with Crippen molar-refractivity contribution >= 4 is 21.8 Å². The van der Waals surface area contributed by atoms with Gasteiger partial charge in [0.2, 0.25) is 5.91 Å². The molecule has 0 saturated heterocycles. The van der Waals surface area contributed by atoms with Crippen LogP contribution in [0.2, 0.25) is 0 Å². The molecule has 0 N–H and O–H groups in total. The second kappa shape index (κ2) is 9.01. The number of aryl methyl sites for hydroxylation is 1. The van der Waals surface area contributed by atoms with E-state index in [0.717, 1.165) is 15.8 Å². The van der Waals surface area contributed by atoms with Gasteiger partial charge in [0.15, 0.2) is 11.7 Å². The fourth-order valence-electron chi connectivity index (χ4n) is 2.83. The van der Waals surface area contributed by atoms with E-state index < -0.39 is 0 Å². The van der Waals surface area contributed by atoms with Crippen LogP contribution in [0, 0.1) is 5.82 Å². The maximum atomic E-state index is 13.8. The summed E-state index contributed by atoms with van der Waals surface area (Å²) in [6.45, 7) is 0.424. The Labute approximate surface area is 171 Å². The molecule has 2 aromatic carbocycles. The molecule has 0 aliphatic carbocycles. The summed E-state index contributed by atoms with van der Waals surface area (Å²) < 4.78 is 25.7. The van der Waals surface area contributed by atoms with Crippen molar-refractivity contribution in [3.63, 3.8) is 0 Å². The minimum atomic E-state index is -0.371. The lowest BCUT2D eigenvalue weighted by Gasteiger charge is -2.19. The summed E-state index contributed by atoms with van der Waals surface area (Å²) in [6.07, 6.45) is 2.06. The number of benzene rings is 2. The Balaban J connectivity index is 1.60. The lowest BCUT2D eigenvalue weighted by atomic mass is 10.2. The van der Waals surface area contributed by atoms with Gasteiger partial charge in [-0.3, -0.25) is 4.79 Å². The second-order valence-electron chi connectivity index (χ2n) is 6.30. The van der Waals surface area contributed by atoms with E-state index in [-0.39, 0.29) is 18.1 Å². The van der Waals surface area contributed by atoms with E-state index in [2.05, 4.69) is 20.9 Å². The van der Waals surface area contributed by atoms with Gasteiger partial charge in [-0.1, -0.05) is 28.1 Å². The van der Waals surface area contributed by atoms with Gasteiger partial charge < -0.3 is 14.1 Å². The zero-order valence-electron chi connectivity index (χ0n) is 15.6. The van der Waals surface area contributed by atoms with E-state index in [0.29, 0.717) is 30.2 Å². The van der Waals surface area contributed by atoms with Gasteiger partial charge in [0.1, 0.15) is 11.6 Å². The van der Waals surface area contributed by atoms with Gasteiger partial charge in [-0.2, -0.15) is 0 Å². The molecule has 0 fully saturated rings. The zero-order valence-corrected chi connectivity index (χ0v) is 17.2. The van der Waals surface area contributed by atoms with Gasteiger partial charge in [-0.25, -0.2) is 9.37 Å². The molecule has 1 amide bonds. The molecule has 7 heteroatoms. The maximum Gasteiger partial charge on any atom is 0.223 e. The zero-order chi connectivity index (χ0) is 20.1. The number of hydrogen-bond acceptors (Lipinski definition) is 4. The third-order valence-corrected chi connectivity index (χ3v) is 4.81. The van der Waals surface area contributed by atoms with Crippen LogP contribution in [0.15, 0.2) is 57.6 Å². The molecule has 0 radical (unpaired) electrons. The third-order valence-electron chi connectivity index (χ3n) is 4.32. The van der Waals surface area contributed by atoms with Crippen molar-refractivity contribution in [2.75, 3.05) is 14.2 Å². The summed E-state index contributed by atoms with van der Waals surface area (Å²) in [5, 5.41) is 0. The fraction of sp³-hybridized carbons (Fsp3) is 0.238. The van der Waals surface area contributed by atoms with Gasteiger partial charge in [0, 0.05) is 36.5 Å². The van der Waals surface area contributed by atoms with Crippen LogP contribution < -0.4 is 4.74 Å². The van der Waals surface area contributed by atoms with Gasteiger partial charge in [-0.15, -0.1) is 0 Å². The predicted octanol–water partition coefficient (Wildman–Crippen LogP) is 4.84. The quantitative estimate of drug-likeness (QED) is 0.520. The molecule has 28 heavy (non-hydrogen) atoms. The molecule has 0 aliphatic heterocycles. The summed E-state index contributed by atoms with van der Waals surface area (Å²) in [5.41, 5.74) is 1.26. The highest BCUT2D eigenvalue weighted by molar-refractivity contribution is 9.10. The Morgan fingerprint density at radius 1 is 1.29 bits per heavy atom. The number of nitrogens with zero attached hydrogens (tertiary/aromatic N) is 2. The van der Waals surface area contributed by atoms with Crippen LogP contribution in [0.3, 0.4) is 0 Å². The first-order valence-corrected chi connectivity index (χ1v) is 9.53. The minimum absolute atomic E-state index is 0.0485. The van der Waals surface area contributed by atoms with E-state index in [9.17, 15) is 9.18 Å². The van der Waals surface area contributed by atoms with Crippen LogP contribution in [0.25, 0.3) is 11.3 Å². The SMILES string of the molecule is COc1ccc(Br)cc1CN(C)C(=O)CCc1ncc(-c2ccccc2F)o1. The molecule has 0 saturated carbocycles.